The molecular formula is C7H11Cl3O2. The molecule has 0 aliphatic rings. The summed E-state index contributed by atoms with van der Waals surface area (Å²) in [5.41, 5.74) is 0. The molecule has 2 N–H and O–H groups in total. The summed E-state index contributed by atoms with van der Waals surface area (Å²) in [5.74, 6) is -0.270. The van der Waals surface area contributed by atoms with Crippen LogP contribution in [0.1, 0.15) is 12.8 Å². The maximum atomic E-state index is 8.44. The van der Waals surface area contributed by atoms with Crippen LogP contribution in [0.25, 0.3) is 0 Å². The Labute approximate surface area is 86.7 Å². The van der Waals surface area contributed by atoms with Gasteiger partial charge in [-0.2, -0.15) is 0 Å². The minimum absolute atomic E-state index is 0.320. The summed E-state index contributed by atoms with van der Waals surface area (Å²) in [6.07, 6.45) is 2.51. The van der Waals surface area contributed by atoms with Crippen LogP contribution in [0.15, 0.2) is 12.0 Å². The van der Waals surface area contributed by atoms with Crippen molar-refractivity contribution in [1.82, 2.24) is 0 Å². The van der Waals surface area contributed by atoms with Gasteiger partial charge in [-0.15, -0.1) is 34.8 Å². The molecule has 0 aliphatic carbocycles. The summed E-state index contributed by atoms with van der Waals surface area (Å²) in [5, 5.41) is 16.0. The summed E-state index contributed by atoms with van der Waals surface area (Å²) in [4.78, 5) is 0. The Kier molecular flexibility index (Phi) is 6.81. The molecule has 0 aliphatic heterocycles. The highest BCUT2D eigenvalue weighted by Gasteiger charge is 2.14. The zero-order valence-electron chi connectivity index (χ0n) is 6.38. The van der Waals surface area contributed by atoms with Crippen LogP contribution >= 0.6 is 34.8 Å². The molecule has 0 aromatic heterocycles. The Balaban J connectivity index is 3.76. The second-order valence-electron chi connectivity index (χ2n) is 2.32. The van der Waals surface area contributed by atoms with Gasteiger partial charge in [0.1, 0.15) is 0 Å². The van der Waals surface area contributed by atoms with Gasteiger partial charge in [0.15, 0.2) is 0 Å². The first-order chi connectivity index (χ1) is 5.57. The fourth-order valence-electron chi connectivity index (χ4n) is 0.678. The lowest BCUT2D eigenvalue weighted by molar-refractivity contribution is 0.189. The van der Waals surface area contributed by atoms with E-state index in [2.05, 4.69) is 0 Å². The predicted octanol–water partition coefficient (Wildman–Crippen LogP) is 3.18. The lowest BCUT2D eigenvalue weighted by Crippen LogP contribution is -2.13. The molecule has 2 nitrogen and oxygen atoms in total. The Morgan fingerprint density at radius 1 is 1.33 bits per heavy atom. The summed E-state index contributed by atoms with van der Waals surface area (Å²) in [7, 11) is 0. The minimum atomic E-state index is -0.800. The van der Waals surface area contributed by atoms with Gasteiger partial charge in [-0.1, -0.05) is 0 Å². The molecule has 0 saturated carbocycles. The van der Waals surface area contributed by atoms with Crippen molar-refractivity contribution in [1.29, 1.82) is 0 Å². The van der Waals surface area contributed by atoms with E-state index in [1.807, 2.05) is 0 Å². The van der Waals surface area contributed by atoms with Crippen LogP contribution in [-0.2, 0) is 0 Å². The van der Waals surface area contributed by atoms with Crippen LogP contribution in [0, 0.1) is 0 Å². The van der Waals surface area contributed by atoms with E-state index in [4.69, 9.17) is 45.0 Å². The average molecular weight is 234 g/mol. The third-order valence-corrected chi connectivity index (χ3v) is 2.58. The zero-order valence-corrected chi connectivity index (χ0v) is 8.65. The zero-order chi connectivity index (χ0) is 9.56. The number of allylic oxidation sites excluding steroid dienone is 1. The molecule has 2 atom stereocenters. The van der Waals surface area contributed by atoms with Gasteiger partial charge < -0.3 is 10.2 Å². The van der Waals surface area contributed by atoms with Crippen molar-refractivity contribution in [3.05, 3.63) is 12.0 Å². The summed E-state index contributed by atoms with van der Waals surface area (Å²) in [6, 6.07) is 0. The van der Waals surface area contributed by atoms with Crippen LogP contribution in [0.3, 0.4) is 0 Å². The monoisotopic (exact) mass is 232 g/mol. The van der Waals surface area contributed by atoms with E-state index in [0.717, 1.165) is 12.5 Å². The van der Waals surface area contributed by atoms with Crippen LogP contribution in [-0.4, -0.2) is 26.8 Å². The highest BCUT2D eigenvalue weighted by atomic mass is 35.5. The van der Waals surface area contributed by atoms with Crippen molar-refractivity contribution in [2.45, 2.75) is 23.6 Å². The number of aliphatic hydroxyl groups excluding tert-OH is 1. The van der Waals surface area contributed by atoms with Crippen LogP contribution in [0.4, 0.5) is 0 Å². The second kappa shape index (κ2) is 6.70. The van der Waals surface area contributed by atoms with Crippen molar-refractivity contribution in [3.63, 3.8) is 0 Å². The van der Waals surface area contributed by atoms with Crippen molar-refractivity contribution < 1.29 is 10.2 Å². The van der Waals surface area contributed by atoms with E-state index in [9.17, 15) is 0 Å². The highest BCUT2D eigenvalue weighted by molar-refractivity contribution is 6.30. The van der Waals surface area contributed by atoms with Crippen molar-refractivity contribution in [3.8, 4) is 0 Å². The van der Waals surface area contributed by atoms with Crippen molar-refractivity contribution in [2.24, 2.45) is 0 Å². The molecule has 5 heteroatoms. The molecule has 0 saturated heterocycles. The lowest BCUT2D eigenvalue weighted by atomic mass is 10.2. The van der Waals surface area contributed by atoms with Crippen LogP contribution < -0.4 is 0 Å². The van der Waals surface area contributed by atoms with Gasteiger partial charge in [-0.05, 0) is 12.8 Å². The molecule has 0 spiro atoms. The lowest BCUT2D eigenvalue weighted by Gasteiger charge is -2.10. The molecule has 0 fully saturated rings. The topological polar surface area (TPSA) is 40.5 Å². The largest absolute Gasteiger partial charge is 0.481 e. The third-order valence-electron chi connectivity index (χ3n) is 1.27. The van der Waals surface area contributed by atoms with E-state index in [-0.39, 0.29) is 5.38 Å². The fourth-order valence-corrected chi connectivity index (χ4v) is 1.30. The normalized spacial score (nSPS) is 15.2. The first-order valence-corrected chi connectivity index (χ1v) is 4.92. The first kappa shape index (κ1) is 12.2. The average Bonchev–Trinajstić information content (AvgIpc) is 1.98. The standard InChI is InChI=1S/C7H11Cl3O2/c8-3-1-2-5(9)6(10)4-7(11)12/h4-6,11-12H,1-3H2. The molecule has 0 aromatic rings. The molecule has 0 aromatic carbocycles. The van der Waals surface area contributed by atoms with Gasteiger partial charge in [0.2, 0.25) is 0 Å². The van der Waals surface area contributed by atoms with Crippen LogP contribution in [0.2, 0.25) is 0 Å². The maximum Gasteiger partial charge on any atom is 0.271 e. The van der Waals surface area contributed by atoms with E-state index < -0.39 is 11.3 Å². The number of rotatable bonds is 5. The van der Waals surface area contributed by atoms with Crippen LogP contribution in [0.5, 0.6) is 0 Å². The summed E-state index contributed by atoms with van der Waals surface area (Å²) >= 11 is 16.9. The van der Waals surface area contributed by atoms with Gasteiger partial charge in [0.05, 0.1) is 10.8 Å². The van der Waals surface area contributed by atoms with Crippen molar-refractivity contribution in [2.75, 3.05) is 5.88 Å². The molecular weight excluding hydrogens is 222 g/mol. The van der Waals surface area contributed by atoms with E-state index >= 15 is 0 Å². The molecule has 2 unspecified atom stereocenters. The summed E-state index contributed by atoms with van der Waals surface area (Å²) < 4.78 is 0. The molecule has 12 heavy (non-hydrogen) atoms. The number of alkyl halides is 3. The Bertz CT molecular complexity index is 146. The van der Waals surface area contributed by atoms with Gasteiger partial charge in [-0.25, -0.2) is 0 Å². The Morgan fingerprint density at radius 2 is 1.92 bits per heavy atom. The maximum absolute atomic E-state index is 8.44. The molecule has 0 bridgehead atoms. The Morgan fingerprint density at radius 3 is 2.33 bits per heavy atom. The van der Waals surface area contributed by atoms with Gasteiger partial charge in [-0.3, -0.25) is 0 Å². The van der Waals surface area contributed by atoms with E-state index in [0.29, 0.717) is 12.3 Å². The minimum Gasteiger partial charge on any atom is -0.481 e. The van der Waals surface area contributed by atoms with Gasteiger partial charge in [0.25, 0.3) is 5.95 Å². The Hall–Kier alpha value is 0.210. The van der Waals surface area contributed by atoms with E-state index in [1.54, 1.807) is 0 Å². The molecule has 0 amide bonds. The van der Waals surface area contributed by atoms with Gasteiger partial charge >= 0.3 is 0 Å². The molecule has 0 radical (unpaired) electrons. The van der Waals surface area contributed by atoms with Gasteiger partial charge in [0, 0.05) is 12.0 Å². The smallest absolute Gasteiger partial charge is 0.271 e. The highest BCUT2D eigenvalue weighted by Crippen LogP contribution is 2.17. The molecule has 0 heterocycles. The molecule has 72 valence electrons. The molecule has 0 rings (SSSR count). The second-order valence-corrected chi connectivity index (χ2v) is 3.76. The fraction of sp³-hybridized carbons (Fsp3) is 0.714. The SMILES string of the molecule is OC(O)=CC(Cl)C(Cl)CCCCl. The number of hydrogen-bond donors (Lipinski definition) is 2. The quantitative estimate of drug-likeness (QED) is 0.566. The summed E-state index contributed by atoms with van der Waals surface area (Å²) in [6.45, 7) is 0. The number of hydrogen-bond acceptors (Lipinski definition) is 2. The van der Waals surface area contributed by atoms with Crippen molar-refractivity contribution >= 4 is 34.8 Å². The number of aliphatic hydroxyl groups is 2. The third kappa shape index (κ3) is 5.81. The number of halogens is 3. The predicted molar refractivity (Wildman–Crippen MR) is 52.6 cm³/mol. The van der Waals surface area contributed by atoms with E-state index in [1.165, 1.54) is 0 Å². The first-order valence-electron chi connectivity index (χ1n) is 3.51.